The highest BCUT2D eigenvalue weighted by molar-refractivity contribution is 5.51. The molecule has 0 saturated heterocycles. The van der Waals surface area contributed by atoms with Crippen LogP contribution in [0.5, 0.6) is 0 Å². The van der Waals surface area contributed by atoms with Crippen LogP contribution in [0, 0.1) is 0 Å². The number of allylic oxidation sites excluding steroid dienone is 1. The van der Waals surface area contributed by atoms with Gasteiger partial charge in [-0.05, 0) is 30.7 Å². The minimum Gasteiger partial charge on any atom is -0.155 e. The van der Waals surface area contributed by atoms with Crippen LogP contribution in [-0.2, 0) is 0 Å². The summed E-state index contributed by atoms with van der Waals surface area (Å²) in [5, 5.41) is 8.33. The van der Waals surface area contributed by atoms with E-state index in [4.69, 9.17) is 0 Å². The van der Waals surface area contributed by atoms with Gasteiger partial charge in [0.15, 0.2) is 0 Å². The first-order valence-corrected chi connectivity index (χ1v) is 5.55. The van der Waals surface area contributed by atoms with Crippen LogP contribution in [0.4, 0.5) is 5.69 Å². The summed E-state index contributed by atoms with van der Waals surface area (Å²) in [4.78, 5) is 0. The lowest BCUT2D eigenvalue weighted by atomic mass is 10.2. The number of azo groups is 1. The first kappa shape index (κ1) is 11.3. The Morgan fingerprint density at radius 3 is 2.12 bits per heavy atom. The molecular weight excluding hydrogens is 208 g/mol. The van der Waals surface area contributed by atoms with Crippen LogP contribution in [-0.4, -0.2) is 0 Å². The molecule has 2 heteroatoms. The van der Waals surface area contributed by atoms with E-state index in [1.54, 1.807) is 0 Å². The van der Waals surface area contributed by atoms with E-state index in [0.717, 1.165) is 16.9 Å². The maximum atomic E-state index is 4.18. The summed E-state index contributed by atoms with van der Waals surface area (Å²) in [6, 6.07) is 19.8. The monoisotopic (exact) mass is 222 g/mol. The molecule has 2 rings (SSSR count). The zero-order chi connectivity index (χ0) is 11.9. The van der Waals surface area contributed by atoms with Crippen molar-refractivity contribution >= 4 is 11.8 Å². The Balaban J connectivity index is 2.09. The second kappa shape index (κ2) is 5.75. The Labute approximate surface area is 101 Å². The Morgan fingerprint density at radius 2 is 1.47 bits per heavy atom. The van der Waals surface area contributed by atoms with Gasteiger partial charge in [-0.1, -0.05) is 48.5 Å². The van der Waals surface area contributed by atoms with Crippen molar-refractivity contribution in [2.45, 2.75) is 6.92 Å². The summed E-state index contributed by atoms with van der Waals surface area (Å²) < 4.78 is 0. The van der Waals surface area contributed by atoms with Gasteiger partial charge in [0.1, 0.15) is 0 Å². The number of hydrogen-bond acceptors (Lipinski definition) is 2. The largest absolute Gasteiger partial charge is 0.155 e. The van der Waals surface area contributed by atoms with E-state index in [1.165, 1.54) is 0 Å². The van der Waals surface area contributed by atoms with Gasteiger partial charge in [-0.2, -0.15) is 10.2 Å². The van der Waals surface area contributed by atoms with Gasteiger partial charge < -0.3 is 0 Å². The first-order valence-electron chi connectivity index (χ1n) is 5.55. The van der Waals surface area contributed by atoms with Crippen molar-refractivity contribution in [1.29, 1.82) is 0 Å². The van der Waals surface area contributed by atoms with Crippen molar-refractivity contribution < 1.29 is 0 Å². The van der Waals surface area contributed by atoms with Crippen LogP contribution < -0.4 is 0 Å². The van der Waals surface area contributed by atoms with Gasteiger partial charge in [-0.15, -0.1) is 0 Å². The average molecular weight is 222 g/mol. The summed E-state index contributed by atoms with van der Waals surface area (Å²) in [6.45, 7) is 1.94. The van der Waals surface area contributed by atoms with E-state index in [9.17, 15) is 0 Å². The molecule has 0 atom stereocenters. The summed E-state index contributed by atoms with van der Waals surface area (Å²) in [5.41, 5.74) is 2.89. The Hall–Kier alpha value is -2.22. The molecule has 0 fully saturated rings. The van der Waals surface area contributed by atoms with Gasteiger partial charge in [-0.3, -0.25) is 0 Å². The lowest BCUT2D eigenvalue weighted by molar-refractivity contribution is 1.14. The minimum absolute atomic E-state index is 0.869. The van der Waals surface area contributed by atoms with Crippen LogP contribution in [0.15, 0.2) is 76.6 Å². The number of benzene rings is 2. The van der Waals surface area contributed by atoms with Crippen LogP contribution in [0.1, 0.15) is 12.5 Å². The zero-order valence-electron chi connectivity index (χ0n) is 9.75. The summed E-state index contributed by atoms with van der Waals surface area (Å²) in [7, 11) is 0. The second-order valence-electron chi connectivity index (χ2n) is 3.73. The van der Waals surface area contributed by atoms with Gasteiger partial charge in [0.25, 0.3) is 0 Å². The molecule has 0 aromatic heterocycles. The Kier molecular flexibility index (Phi) is 3.81. The second-order valence-corrected chi connectivity index (χ2v) is 3.73. The molecule has 84 valence electrons. The fourth-order valence-corrected chi connectivity index (χ4v) is 1.45. The average Bonchev–Trinajstić information content (AvgIpc) is 2.39. The number of hydrogen-bond donors (Lipinski definition) is 0. The molecule has 0 aliphatic heterocycles. The molecular formula is C15H14N2. The lowest BCUT2D eigenvalue weighted by Crippen LogP contribution is -1.72. The van der Waals surface area contributed by atoms with Gasteiger partial charge in [0.2, 0.25) is 0 Å². The number of nitrogens with zero attached hydrogens (tertiary/aromatic N) is 2. The molecule has 2 aromatic rings. The third-order valence-electron chi connectivity index (χ3n) is 2.25. The van der Waals surface area contributed by atoms with Gasteiger partial charge in [-0.25, -0.2) is 0 Å². The third kappa shape index (κ3) is 3.68. The molecule has 0 amide bonds. The van der Waals surface area contributed by atoms with Crippen molar-refractivity contribution in [3.63, 3.8) is 0 Å². The predicted octanol–water partition coefficient (Wildman–Crippen LogP) is 4.83. The number of rotatable bonds is 3. The fourth-order valence-electron chi connectivity index (χ4n) is 1.45. The molecule has 2 nitrogen and oxygen atoms in total. The molecule has 17 heavy (non-hydrogen) atoms. The molecule has 0 spiro atoms. The smallest absolute Gasteiger partial charge is 0.0856 e. The Morgan fingerprint density at radius 1 is 0.882 bits per heavy atom. The van der Waals surface area contributed by atoms with E-state index in [-0.39, 0.29) is 0 Å². The highest BCUT2D eigenvalue weighted by atomic mass is 15.1. The zero-order valence-corrected chi connectivity index (χ0v) is 9.75. The lowest BCUT2D eigenvalue weighted by Gasteiger charge is -1.94. The molecule has 0 aliphatic rings. The maximum Gasteiger partial charge on any atom is 0.0856 e. The molecule has 0 unspecified atom stereocenters. The van der Waals surface area contributed by atoms with Gasteiger partial charge in [0.05, 0.1) is 11.4 Å². The summed E-state index contributed by atoms with van der Waals surface area (Å²) in [5.74, 6) is 0. The third-order valence-corrected chi connectivity index (χ3v) is 2.25. The van der Waals surface area contributed by atoms with E-state index in [1.807, 2.05) is 73.7 Å². The van der Waals surface area contributed by atoms with Gasteiger partial charge >= 0.3 is 0 Å². The van der Waals surface area contributed by atoms with E-state index < -0.39 is 0 Å². The predicted molar refractivity (Wildman–Crippen MR) is 71.1 cm³/mol. The SMILES string of the molecule is C/C(=C\c1ccccc1)N=Nc1ccccc1. The van der Waals surface area contributed by atoms with Gasteiger partial charge in [0, 0.05) is 0 Å². The summed E-state index contributed by atoms with van der Waals surface area (Å²) >= 11 is 0. The molecule has 0 aliphatic carbocycles. The van der Waals surface area contributed by atoms with Crippen LogP contribution in [0.25, 0.3) is 6.08 Å². The van der Waals surface area contributed by atoms with Crippen molar-refractivity contribution in [1.82, 2.24) is 0 Å². The normalized spacial score (nSPS) is 11.9. The van der Waals surface area contributed by atoms with E-state index in [2.05, 4.69) is 10.2 Å². The highest BCUT2D eigenvalue weighted by Crippen LogP contribution is 2.13. The van der Waals surface area contributed by atoms with Crippen LogP contribution in [0.2, 0.25) is 0 Å². The molecule has 2 aromatic carbocycles. The maximum absolute atomic E-state index is 4.18. The van der Waals surface area contributed by atoms with Crippen molar-refractivity contribution in [2.24, 2.45) is 10.2 Å². The standard InChI is InChI=1S/C15H14N2/c1-13(12-14-8-4-2-5-9-14)16-17-15-10-6-3-7-11-15/h2-12H,1H3/b13-12+,17-16?. The molecule has 0 saturated carbocycles. The summed E-state index contributed by atoms with van der Waals surface area (Å²) in [6.07, 6.45) is 2.01. The van der Waals surface area contributed by atoms with Crippen molar-refractivity contribution in [3.8, 4) is 0 Å². The van der Waals surface area contributed by atoms with Crippen LogP contribution >= 0.6 is 0 Å². The molecule has 0 bridgehead atoms. The molecule has 0 radical (unpaired) electrons. The molecule has 0 N–H and O–H groups in total. The van der Waals surface area contributed by atoms with Crippen molar-refractivity contribution in [2.75, 3.05) is 0 Å². The van der Waals surface area contributed by atoms with E-state index in [0.29, 0.717) is 0 Å². The Bertz CT molecular complexity index is 513. The molecule has 0 heterocycles. The van der Waals surface area contributed by atoms with Crippen LogP contribution in [0.3, 0.4) is 0 Å². The topological polar surface area (TPSA) is 24.7 Å². The quantitative estimate of drug-likeness (QED) is 0.664. The fraction of sp³-hybridized carbons (Fsp3) is 0.0667. The first-order chi connectivity index (χ1) is 8.34. The highest BCUT2D eigenvalue weighted by Gasteiger charge is 1.89. The van der Waals surface area contributed by atoms with E-state index >= 15 is 0 Å². The van der Waals surface area contributed by atoms with Crippen molar-refractivity contribution in [3.05, 3.63) is 71.9 Å². The minimum atomic E-state index is 0.869.